The molecule has 0 aromatic carbocycles. The molecule has 0 fully saturated rings. The predicted octanol–water partition coefficient (Wildman–Crippen LogP) is 2.99. The molecule has 0 saturated heterocycles. The van der Waals surface area contributed by atoms with Crippen molar-refractivity contribution in [3.05, 3.63) is 46.1 Å². The SMILES string of the molecule is O=C1CCC2=C1C(c1cccs1)C=CO2. The highest BCUT2D eigenvalue weighted by Gasteiger charge is 2.32. The van der Waals surface area contributed by atoms with Crippen molar-refractivity contribution < 1.29 is 9.53 Å². The van der Waals surface area contributed by atoms with E-state index in [1.165, 1.54) is 4.88 Å². The molecule has 1 aromatic heterocycles. The summed E-state index contributed by atoms with van der Waals surface area (Å²) in [5, 5.41) is 2.04. The first-order valence-electron chi connectivity index (χ1n) is 4.99. The van der Waals surface area contributed by atoms with E-state index in [1.807, 2.05) is 17.5 Å². The van der Waals surface area contributed by atoms with E-state index in [4.69, 9.17) is 4.74 Å². The standard InChI is InChI=1S/C12H10O2S/c13-9-3-4-10-12(9)8(5-6-14-10)11-2-1-7-15-11/h1-2,5-8H,3-4H2. The number of allylic oxidation sites excluding steroid dienone is 3. The summed E-state index contributed by atoms with van der Waals surface area (Å²) in [5.74, 6) is 1.25. The van der Waals surface area contributed by atoms with Crippen molar-refractivity contribution in [3.8, 4) is 0 Å². The van der Waals surface area contributed by atoms with Crippen LogP contribution in [0.2, 0.25) is 0 Å². The second-order valence-corrected chi connectivity index (χ2v) is 4.68. The van der Waals surface area contributed by atoms with Gasteiger partial charge in [0.15, 0.2) is 5.78 Å². The maximum absolute atomic E-state index is 11.7. The molecule has 0 bridgehead atoms. The van der Waals surface area contributed by atoms with E-state index in [0.29, 0.717) is 6.42 Å². The number of hydrogen-bond acceptors (Lipinski definition) is 3. The summed E-state index contributed by atoms with van der Waals surface area (Å²) >= 11 is 1.69. The van der Waals surface area contributed by atoms with Gasteiger partial charge in [0.05, 0.1) is 6.26 Å². The normalized spacial score (nSPS) is 24.3. The van der Waals surface area contributed by atoms with Crippen LogP contribution in [0.5, 0.6) is 0 Å². The molecule has 0 amide bonds. The van der Waals surface area contributed by atoms with Gasteiger partial charge in [-0.05, 0) is 17.5 Å². The van der Waals surface area contributed by atoms with E-state index >= 15 is 0 Å². The van der Waals surface area contributed by atoms with E-state index in [2.05, 4.69) is 6.07 Å². The van der Waals surface area contributed by atoms with Gasteiger partial charge in [0.1, 0.15) is 5.76 Å². The van der Waals surface area contributed by atoms with Crippen molar-refractivity contribution in [3.63, 3.8) is 0 Å². The summed E-state index contributed by atoms with van der Waals surface area (Å²) in [7, 11) is 0. The molecule has 0 saturated carbocycles. The van der Waals surface area contributed by atoms with Crippen LogP contribution in [0.25, 0.3) is 0 Å². The summed E-state index contributed by atoms with van der Waals surface area (Å²) in [4.78, 5) is 13.0. The highest BCUT2D eigenvalue weighted by Crippen LogP contribution is 2.40. The summed E-state index contributed by atoms with van der Waals surface area (Å²) in [6.45, 7) is 0. The number of carbonyl (C=O) groups excluding carboxylic acids is 1. The number of carbonyl (C=O) groups is 1. The molecule has 1 aromatic rings. The fraction of sp³-hybridized carbons (Fsp3) is 0.250. The van der Waals surface area contributed by atoms with E-state index in [0.717, 1.165) is 17.8 Å². The minimum absolute atomic E-state index is 0.128. The van der Waals surface area contributed by atoms with Crippen molar-refractivity contribution in [2.75, 3.05) is 0 Å². The number of ketones is 1. The summed E-state index contributed by atoms with van der Waals surface area (Å²) < 4.78 is 5.38. The van der Waals surface area contributed by atoms with E-state index in [9.17, 15) is 4.79 Å². The Morgan fingerprint density at radius 1 is 1.40 bits per heavy atom. The Hall–Kier alpha value is -1.35. The third-order valence-electron chi connectivity index (χ3n) is 2.82. The molecule has 15 heavy (non-hydrogen) atoms. The lowest BCUT2D eigenvalue weighted by Gasteiger charge is -2.17. The van der Waals surface area contributed by atoms with Crippen molar-refractivity contribution in [1.82, 2.24) is 0 Å². The highest BCUT2D eigenvalue weighted by molar-refractivity contribution is 7.10. The van der Waals surface area contributed by atoms with Crippen molar-refractivity contribution in [1.29, 1.82) is 0 Å². The topological polar surface area (TPSA) is 26.3 Å². The molecule has 76 valence electrons. The predicted molar refractivity (Wildman–Crippen MR) is 58.6 cm³/mol. The lowest BCUT2D eigenvalue weighted by Crippen LogP contribution is -2.09. The molecule has 0 radical (unpaired) electrons. The number of hydrogen-bond donors (Lipinski definition) is 0. The van der Waals surface area contributed by atoms with Gasteiger partial charge < -0.3 is 4.74 Å². The molecular formula is C12H10O2S. The first-order valence-corrected chi connectivity index (χ1v) is 5.87. The largest absolute Gasteiger partial charge is 0.469 e. The van der Waals surface area contributed by atoms with Gasteiger partial charge in [-0.15, -0.1) is 11.3 Å². The van der Waals surface area contributed by atoms with Crippen molar-refractivity contribution >= 4 is 17.1 Å². The molecule has 0 N–H and O–H groups in total. The Morgan fingerprint density at radius 3 is 3.13 bits per heavy atom. The van der Waals surface area contributed by atoms with Gasteiger partial charge in [-0.2, -0.15) is 0 Å². The van der Waals surface area contributed by atoms with E-state index in [-0.39, 0.29) is 11.7 Å². The van der Waals surface area contributed by atoms with Crippen LogP contribution >= 0.6 is 11.3 Å². The Balaban J connectivity index is 2.05. The van der Waals surface area contributed by atoms with Gasteiger partial charge in [0.2, 0.25) is 0 Å². The second-order valence-electron chi connectivity index (χ2n) is 3.70. The van der Waals surface area contributed by atoms with E-state index in [1.54, 1.807) is 17.6 Å². The Kier molecular flexibility index (Phi) is 1.99. The zero-order chi connectivity index (χ0) is 10.3. The molecule has 1 aliphatic carbocycles. The second kappa shape index (κ2) is 3.35. The average molecular weight is 218 g/mol. The van der Waals surface area contributed by atoms with Gasteiger partial charge in [0.25, 0.3) is 0 Å². The van der Waals surface area contributed by atoms with Crippen LogP contribution < -0.4 is 0 Å². The van der Waals surface area contributed by atoms with Crippen LogP contribution in [-0.4, -0.2) is 5.78 Å². The van der Waals surface area contributed by atoms with Crippen LogP contribution in [0.1, 0.15) is 23.6 Å². The quantitative estimate of drug-likeness (QED) is 0.724. The highest BCUT2D eigenvalue weighted by atomic mass is 32.1. The van der Waals surface area contributed by atoms with Gasteiger partial charge in [0, 0.05) is 29.2 Å². The zero-order valence-electron chi connectivity index (χ0n) is 8.10. The summed E-state index contributed by atoms with van der Waals surface area (Å²) in [6.07, 6.45) is 5.05. The number of rotatable bonds is 1. The fourth-order valence-electron chi connectivity index (χ4n) is 2.12. The number of thiophene rings is 1. The van der Waals surface area contributed by atoms with Crippen LogP contribution in [0.4, 0.5) is 0 Å². The third kappa shape index (κ3) is 1.35. The van der Waals surface area contributed by atoms with Crippen molar-refractivity contribution in [2.24, 2.45) is 0 Å². The molecule has 3 heteroatoms. The molecule has 0 spiro atoms. The molecule has 1 aliphatic heterocycles. The Morgan fingerprint density at radius 2 is 2.33 bits per heavy atom. The molecule has 2 nitrogen and oxygen atoms in total. The Bertz CT molecular complexity index is 454. The molecular weight excluding hydrogens is 208 g/mol. The zero-order valence-corrected chi connectivity index (χ0v) is 8.92. The molecule has 3 rings (SSSR count). The molecule has 1 atom stereocenters. The number of ether oxygens (including phenoxy) is 1. The fourth-order valence-corrected chi connectivity index (χ4v) is 2.94. The lowest BCUT2D eigenvalue weighted by molar-refractivity contribution is -0.115. The maximum atomic E-state index is 11.7. The van der Waals surface area contributed by atoms with Gasteiger partial charge >= 0.3 is 0 Å². The third-order valence-corrected chi connectivity index (χ3v) is 3.78. The summed E-state index contributed by atoms with van der Waals surface area (Å²) in [5.41, 5.74) is 0.875. The molecule has 1 unspecified atom stereocenters. The minimum atomic E-state index is 0.128. The van der Waals surface area contributed by atoms with Gasteiger partial charge in [-0.1, -0.05) is 6.07 Å². The van der Waals surface area contributed by atoms with Crippen LogP contribution in [0.3, 0.4) is 0 Å². The number of Topliss-reactive ketones (excluding diaryl/α,β-unsaturated/α-hetero) is 1. The van der Waals surface area contributed by atoms with Crippen molar-refractivity contribution in [2.45, 2.75) is 18.8 Å². The lowest BCUT2D eigenvalue weighted by atomic mass is 9.94. The van der Waals surface area contributed by atoms with Gasteiger partial charge in [-0.3, -0.25) is 4.79 Å². The average Bonchev–Trinajstić information content (AvgIpc) is 2.88. The minimum Gasteiger partial charge on any atom is -0.469 e. The first-order chi connectivity index (χ1) is 7.36. The monoisotopic (exact) mass is 218 g/mol. The maximum Gasteiger partial charge on any atom is 0.163 e. The van der Waals surface area contributed by atoms with Crippen LogP contribution in [0, 0.1) is 0 Å². The van der Waals surface area contributed by atoms with Crippen LogP contribution in [0.15, 0.2) is 41.2 Å². The Labute approximate surface area is 91.9 Å². The molecule has 2 aliphatic rings. The van der Waals surface area contributed by atoms with E-state index < -0.39 is 0 Å². The smallest absolute Gasteiger partial charge is 0.163 e. The first kappa shape index (κ1) is 8.92. The molecule has 2 heterocycles. The van der Waals surface area contributed by atoms with Crippen LogP contribution in [-0.2, 0) is 9.53 Å². The van der Waals surface area contributed by atoms with Gasteiger partial charge in [-0.25, -0.2) is 0 Å². The summed E-state index contributed by atoms with van der Waals surface area (Å²) in [6, 6.07) is 4.09.